The molecule has 0 unspecified atom stereocenters. The third-order valence-corrected chi connectivity index (χ3v) is 5.58. The second kappa shape index (κ2) is 8.93. The second-order valence-electron chi connectivity index (χ2n) is 6.67. The molecular weight excluding hydrogens is 412 g/mol. The Labute approximate surface area is 183 Å². The topological polar surface area (TPSA) is 92.7 Å². The fraction of sp³-hybridized carbons (Fsp3) is 0.130. The fourth-order valence-corrected chi connectivity index (χ4v) is 3.92. The van der Waals surface area contributed by atoms with E-state index in [1.807, 2.05) is 48.5 Å². The van der Waals surface area contributed by atoms with E-state index in [2.05, 4.69) is 20.6 Å². The molecule has 1 aromatic heterocycles. The minimum absolute atomic E-state index is 0.132. The number of carbonyl (C=O) groups excluding carboxylic acids is 2. The third kappa shape index (κ3) is 4.39. The van der Waals surface area contributed by atoms with Gasteiger partial charge in [0.15, 0.2) is 0 Å². The van der Waals surface area contributed by atoms with Crippen molar-refractivity contribution in [3.8, 4) is 10.6 Å². The number of aromatic nitrogens is 1. The molecule has 2 aromatic carbocycles. The number of thiazole rings is 1. The summed E-state index contributed by atoms with van der Waals surface area (Å²) in [4.78, 5) is 35.0. The van der Waals surface area contributed by atoms with Gasteiger partial charge in [0, 0.05) is 11.3 Å². The third-order valence-electron chi connectivity index (χ3n) is 4.53. The monoisotopic (exact) mass is 432 g/mol. The summed E-state index contributed by atoms with van der Waals surface area (Å²) in [7, 11) is 0. The van der Waals surface area contributed by atoms with Gasteiger partial charge in [-0.2, -0.15) is 0 Å². The summed E-state index contributed by atoms with van der Waals surface area (Å²) in [6, 6.07) is 17.0. The molecule has 0 saturated carbocycles. The largest absolute Gasteiger partial charge is 0.462 e. The number of fused-ring (bicyclic) bond motifs is 1. The van der Waals surface area contributed by atoms with Crippen LogP contribution in [0.4, 0.5) is 11.4 Å². The van der Waals surface area contributed by atoms with E-state index in [0.717, 1.165) is 16.3 Å². The van der Waals surface area contributed by atoms with Gasteiger partial charge >= 0.3 is 5.97 Å². The van der Waals surface area contributed by atoms with Gasteiger partial charge in [0.1, 0.15) is 21.3 Å². The molecule has 0 bridgehead atoms. The summed E-state index contributed by atoms with van der Waals surface area (Å²) >= 11 is 1.27. The molecule has 31 heavy (non-hydrogen) atoms. The number of esters is 1. The first kappa shape index (κ1) is 20.5. The minimum atomic E-state index is -0.561. The van der Waals surface area contributed by atoms with Gasteiger partial charge in [-0.25, -0.2) is 14.8 Å². The summed E-state index contributed by atoms with van der Waals surface area (Å²) in [6.45, 7) is 3.68. The van der Waals surface area contributed by atoms with Gasteiger partial charge in [0.2, 0.25) is 0 Å². The Morgan fingerprint density at radius 2 is 1.84 bits per heavy atom. The zero-order chi connectivity index (χ0) is 21.8. The molecule has 0 spiro atoms. The molecule has 8 heteroatoms. The lowest BCUT2D eigenvalue weighted by Gasteiger charge is -2.12. The van der Waals surface area contributed by atoms with Crippen molar-refractivity contribution in [1.82, 2.24) is 10.3 Å². The van der Waals surface area contributed by atoms with Crippen LogP contribution in [0.2, 0.25) is 0 Å². The zero-order valence-electron chi connectivity index (χ0n) is 17.0. The molecule has 156 valence electrons. The number of allylic oxidation sites excluding steroid dienone is 1. The van der Waals surface area contributed by atoms with Crippen LogP contribution in [-0.4, -0.2) is 29.3 Å². The first-order valence-corrected chi connectivity index (χ1v) is 10.5. The van der Waals surface area contributed by atoms with Gasteiger partial charge in [-0.1, -0.05) is 42.5 Å². The number of amidine groups is 1. The molecular formula is C23H20N4O3S. The van der Waals surface area contributed by atoms with Crippen LogP contribution in [0.1, 0.15) is 23.5 Å². The number of benzene rings is 2. The number of anilines is 1. The van der Waals surface area contributed by atoms with E-state index in [-0.39, 0.29) is 18.0 Å². The van der Waals surface area contributed by atoms with Gasteiger partial charge < -0.3 is 15.4 Å². The first-order valence-electron chi connectivity index (χ1n) is 9.72. The van der Waals surface area contributed by atoms with Crippen LogP contribution in [0.5, 0.6) is 0 Å². The van der Waals surface area contributed by atoms with E-state index in [1.54, 1.807) is 19.9 Å². The zero-order valence-corrected chi connectivity index (χ0v) is 17.8. The van der Waals surface area contributed by atoms with Crippen LogP contribution in [0, 0.1) is 0 Å². The van der Waals surface area contributed by atoms with Crippen LogP contribution < -0.4 is 10.6 Å². The second-order valence-corrected chi connectivity index (χ2v) is 7.70. The van der Waals surface area contributed by atoms with Crippen molar-refractivity contribution >= 4 is 40.4 Å². The van der Waals surface area contributed by atoms with Crippen molar-refractivity contribution in [3.05, 3.63) is 76.9 Å². The maximum Gasteiger partial charge on any atom is 0.343 e. The van der Waals surface area contributed by atoms with E-state index in [1.165, 1.54) is 17.5 Å². The summed E-state index contributed by atoms with van der Waals surface area (Å²) in [5.74, 6) is -0.825. The van der Waals surface area contributed by atoms with Crippen LogP contribution in [0.3, 0.4) is 0 Å². The average molecular weight is 433 g/mol. The number of nitrogens with one attached hydrogen (secondary N) is 2. The lowest BCUT2D eigenvalue weighted by Crippen LogP contribution is -2.35. The van der Waals surface area contributed by atoms with E-state index in [9.17, 15) is 9.59 Å². The predicted octanol–water partition coefficient (Wildman–Crippen LogP) is 4.53. The summed E-state index contributed by atoms with van der Waals surface area (Å²) < 4.78 is 5.21. The molecule has 7 nitrogen and oxygen atoms in total. The van der Waals surface area contributed by atoms with Crippen molar-refractivity contribution in [2.24, 2.45) is 4.99 Å². The van der Waals surface area contributed by atoms with Crippen LogP contribution in [-0.2, 0) is 9.53 Å². The maximum absolute atomic E-state index is 13.0. The Morgan fingerprint density at radius 3 is 2.61 bits per heavy atom. The van der Waals surface area contributed by atoms with Gasteiger partial charge in [-0.05, 0) is 26.0 Å². The van der Waals surface area contributed by atoms with Gasteiger partial charge in [-0.3, -0.25) is 4.79 Å². The molecule has 0 radical (unpaired) electrons. The maximum atomic E-state index is 13.0. The highest BCUT2D eigenvalue weighted by Gasteiger charge is 2.26. The van der Waals surface area contributed by atoms with Crippen molar-refractivity contribution in [1.29, 1.82) is 0 Å². The van der Waals surface area contributed by atoms with E-state index < -0.39 is 11.9 Å². The van der Waals surface area contributed by atoms with Crippen LogP contribution in [0.15, 0.2) is 77.1 Å². The Balaban J connectivity index is 1.68. The number of hydrogen-bond donors (Lipinski definition) is 2. The van der Waals surface area contributed by atoms with E-state index in [0.29, 0.717) is 16.3 Å². The normalized spacial score (nSPS) is 12.9. The smallest absolute Gasteiger partial charge is 0.343 e. The Morgan fingerprint density at radius 1 is 1.10 bits per heavy atom. The Bertz CT molecular complexity index is 1200. The first-order chi connectivity index (χ1) is 15.1. The number of carbonyl (C=O) groups is 2. The Kier molecular flexibility index (Phi) is 5.90. The lowest BCUT2D eigenvalue weighted by molar-refractivity contribution is -0.137. The highest BCUT2D eigenvalue weighted by atomic mass is 32.1. The summed E-state index contributed by atoms with van der Waals surface area (Å²) in [5, 5.41) is 6.70. The van der Waals surface area contributed by atoms with Crippen molar-refractivity contribution < 1.29 is 14.3 Å². The molecule has 3 aromatic rings. The summed E-state index contributed by atoms with van der Waals surface area (Å²) in [6.07, 6.45) is 1.52. The molecule has 1 aliphatic heterocycles. The number of hydrogen-bond acceptors (Lipinski definition) is 7. The van der Waals surface area contributed by atoms with E-state index in [4.69, 9.17) is 4.74 Å². The van der Waals surface area contributed by atoms with Gasteiger partial charge in [0.05, 0.1) is 24.2 Å². The predicted molar refractivity (Wildman–Crippen MR) is 122 cm³/mol. The number of amides is 1. The van der Waals surface area contributed by atoms with Crippen molar-refractivity contribution in [2.45, 2.75) is 13.8 Å². The quantitative estimate of drug-likeness (QED) is 0.591. The lowest BCUT2D eigenvalue weighted by atomic mass is 10.2. The highest BCUT2D eigenvalue weighted by molar-refractivity contribution is 7.16. The Hall–Kier alpha value is -3.78. The van der Waals surface area contributed by atoms with Crippen molar-refractivity contribution in [3.63, 3.8) is 0 Å². The average Bonchev–Trinajstić information content (AvgIpc) is 3.21. The van der Waals surface area contributed by atoms with Crippen LogP contribution in [0.25, 0.3) is 10.6 Å². The van der Waals surface area contributed by atoms with Crippen molar-refractivity contribution in [2.75, 3.05) is 11.9 Å². The number of aliphatic imine (C=N–C) groups is 1. The highest BCUT2D eigenvalue weighted by Crippen LogP contribution is 2.30. The number of ether oxygens (including phenoxy) is 1. The van der Waals surface area contributed by atoms with Crippen LogP contribution >= 0.6 is 11.3 Å². The molecule has 0 fully saturated rings. The number of nitrogens with zero attached hydrogens (tertiary/aromatic N) is 2. The molecule has 0 atom stereocenters. The molecule has 4 rings (SSSR count). The summed E-state index contributed by atoms with van der Waals surface area (Å²) in [5.41, 5.74) is 2.98. The SMILES string of the molecule is CCOC(=O)C1=C(C)Nc2ccccc2N=C1NC(=O)c1cnc(-c2ccccc2)s1. The van der Waals surface area contributed by atoms with Gasteiger partial charge in [0.25, 0.3) is 5.91 Å². The molecule has 0 aliphatic carbocycles. The molecule has 0 saturated heterocycles. The minimum Gasteiger partial charge on any atom is -0.462 e. The molecule has 2 heterocycles. The van der Waals surface area contributed by atoms with E-state index >= 15 is 0 Å². The fourth-order valence-electron chi connectivity index (χ4n) is 3.10. The number of rotatable bonds is 4. The standard InChI is InChI=1S/C23H20N4O3S/c1-3-30-23(29)19-14(2)25-16-11-7-8-12-17(16)26-20(19)27-21(28)18-13-24-22(31-18)15-9-5-4-6-10-15/h4-13,25H,3H2,1-2H3,(H,26,27,28). The molecule has 1 aliphatic rings. The number of para-hydroxylation sites is 2. The molecule has 2 N–H and O–H groups in total. The molecule has 1 amide bonds. The van der Waals surface area contributed by atoms with Gasteiger partial charge in [-0.15, -0.1) is 11.3 Å².